The lowest BCUT2D eigenvalue weighted by atomic mass is 10.1. The maximum absolute atomic E-state index is 12.0. The molecule has 0 spiro atoms. The summed E-state index contributed by atoms with van der Waals surface area (Å²) in [7, 11) is 1.51. The van der Waals surface area contributed by atoms with Gasteiger partial charge < -0.3 is 5.32 Å². The number of carbonyl (C=O) groups excluding carboxylic acids is 2. The molecule has 1 saturated heterocycles. The van der Waals surface area contributed by atoms with Crippen LogP contribution in [0.2, 0.25) is 5.02 Å². The molecule has 1 unspecified atom stereocenters. The number of aromatic nitrogens is 1. The van der Waals surface area contributed by atoms with E-state index >= 15 is 0 Å². The summed E-state index contributed by atoms with van der Waals surface area (Å²) in [5.41, 5.74) is 0.842. The Balaban J connectivity index is 1.82. The number of hydrogen-bond donors (Lipinski definition) is 1. The van der Waals surface area contributed by atoms with Gasteiger partial charge in [0.2, 0.25) is 5.91 Å². The predicted molar refractivity (Wildman–Crippen MR) is 79.1 cm³/mol. The molecule has 0 radical (unpaired) electrons. The smallest absolute Gasteiger partial charge is 0.251 e. The second-order valence-corrected chi connectivity index (χ2v) is 6.12. The van der Waals surface area contributed by atoms with Crippen molar-refractivity contribution in [2.24, 2.45) is 0 Å². The van der Waals surface area contributed by atoms with Crippen molar-refractivity contribution in [1.82, 2.24) is 9.88 Å². The number of rotatable bonds is 2. The van der Waals surface area contributed by atoms with Crippen LogP contribution in [0.15, 0.2) is 18.2 Å². The Kier molecular flexibility index (Phi) is 3.35. The van der Waals surface area contributed by atoms with Crippen LogP contribution in [0.1, 0.15) is 12.8 Å². The third kappa shape index (κ3) is 2.36. The highest BCUT2D eigenvalue weighted by Crippen LogP contribution is 2.29. The number of fused-ring (bicyclic) bond motifs is 1. The van der Waals surface area contributed by atoms with Crippen LogP contribution < -0.4 is 5.32 Å². The largest absolute Gasteiger partial charge is 0.350 e. The van der Waals surface area contributed by atoms with Crippen molar-refractivity contribution < 1.29 is 9.59 Å². The Morgan fingerprint density at radius 2 is 2.25 bits per heavy atom. The average molecular weight is 310 g/mol. The Bertz CT molecular complexity index is 700. The van der Waals surface area contributed by atoms with Crippen molar-refractivity contribution in [2.75, 3.05) is 12.4 Å². The van der Waals surface area contributed by atoms with Crippen LogP contribution in [-0.2, 0) is 9.59 Å². The number of benzene rings is 1. The molecule has 1 aliphatic heterocycles. The number of hydrogen-bond acceptors (Lipinski definition) is 5. The third-order valence-electron chi connectivity index (χ3n) is 3.30. The van der Waals surface area contributed by atoms with Gasteiger partial charge in [-0.25, -0.2) is 4.98 Å². The molecule has 0 bridgehead atoms. The van der Waals surface area contributed by atoms with Crippen molar-refractivity contribution in [3.8, 4) is 0 Å². The normalized spacial score (nSPS) is 19.7. The molecule has 2 aromatic rings. The summed E-state index contributed by atoms with van der Waals surface area (Å²) < 4.78 is 0.965. The van der Waals surface area contributed by atoms with Crippen LogP contribution in [0.5, 0.6) is 0 Å². The van der Waals surface area contributed by atoms with E-state index < -0.39 is 6.04 Å². The van der Waals surface area contributed by atoms with Crippen LogP contribution >= 0.6 is 22.9 Å². The van der Waals surface area contributed by atoms with E-state index in [1.165, 1.54) is 23.3 Å². The number of thiazole rings is 1. The first-order valence-corrected chi connectivity index (χ1v) is 7.37. The van der Waals surface area contributed by atoms with Crippen molar-refractivity contribution >= 4 is 50.1 Å². The SMILES string of the molecule is CN1C(=O)CCC(Nc2nc3ccc(Cl)cc3s2)C1=O. The van der Waals surface area contributed by atoms with Gasteiger partial charge in [-0.15, -0.1) is 0 Å². The maximum atomic E-state index is 12.0. The first-order chi connectivity index (χ1) is 9.54. The number of anilines is 1. The van der Waals surface area contributed by atoms with E-state index in [9.17, 15) is 9.59 Å². The number of amides is 2. The van der Waals surface area contributed by atoms with Gasteiger partial charge in [0.1, 0.15) is 6.04 Å². The number of halogens is 1. The van der Waals surface area contributed by atoms with Gasteiger partial charge in [0.05, 0.1) is 10.2 Å². The van der Waals surface area contributed by atoms with Crippen molar-refractivity contribution in [1.29, 1.82) is 0 Å². The molecule has 1 atom stereocenters. The molecule has 1 aromatic carbocycles. The second kappa shape index (κ2) is 5.03. The average Bonchev–Trinajstić information content (AvgIpc) is 2.81. The number of piperidine rings is 1. The van der Waals surface area contributed by atoms with Gasteiger partial charge >= 0.3 is 0 Å². The maximum Gasteiger partial charge on any atom is 0.251 e. The summed E-state index contributed by atoms with van der Waals surface area (Å²) in [5, 5.41) is 4.44. The lowest BCUT2D eigenvalue weighted by molar-refractivity contribution is -0.146. The Labute approximate surface area is 124 Å². The minimum atomic E-state index is -0.395. The molecule has 20 heavy (non-hydrogen) atoms. The van der Waals surface area contributed by atoms with Gasteiger partial charge in [0, 0.05) is 18.5 Å². The summed E-state index contributed by atoms with van der Waals surface area (Å²) in [5.74, 6) is -0.345. The molecule has 3 rings (SSSR count). The van der Waals surface area contributed by atoms with Gasteiger partial charge in [0.15, 0.2) is 5.13 Å². The fourth-order valence-corrected chi connectivity index (χ4v) is 3.35. The first kappa shape index (κ1) is 13.3. The molecular weight excluding hydrogens is 298 g/mol. The zero-order chi connectivity index (χ0) is 14.3. The lowest BCUT2D eigenvalue weighted by Crippen LogP contribution is -2.48. The van der Waals surface area contributed by atoms with E-state index in [0.29, 0.717) is 23.0 Å². The number of nitrogens with zero attached hydrogens (tertiary/aromatic N) is 2. The van der Waals surface area contributed by atoms with Gasteiger partial charge in [-0.05, 0) is 24.6 Å². The molecule has 0 aliphatic carbocycles. The van der Waals surface area contributed by atoms with E-state index in [1.807, 2.05) is 12.1 Å². The second-order valence-electron chi connectivity index (χ2n) is 4.66. The predicted octanol–water partition coefficient (Wildman–Crippen LogP) is 2.51. The summed E-state index contributed by atoms with van der Waals surface area (Å²) in [6.45, 7) is 0. The monoisotopic (exact) mass is 309 g/mol. The molecule has 7 heteroatoms. The molecule has 2 amide bonds. The standard InChI is InChI=1S/C13H12ClN3O2S/c1-17-11(18)5-4-9(12(17)19)16-13-15-8-3-2-7(14)6-10(8)20-13/h2-3,6,9H,4-5H2,1H3,(H,15,16). The van der Waals surface area contributed by atoms with Gasteiger partial charge in [-0.2, -0.15) is 0 Å². The summed E-state index contributed by atoms with van der Waals surface area (Å²) >= 11 is 7.39. The molecule has 1 aromatic heterocycles. The van der Waals surface area contributed by atoms with E-state index in [-0.39, 0.29) is 11.8 Å². The molecular formula is C13H12ClN3O2S. The summed E-state index contributed by atoms with van der Waals surface area (Å²) in [6.07, 6.45) is 0.870. The van der Waals surface area contributed by atoms with Crippen LogP contribution in [-0.4, -0.2) is 34.8 Å². The Morgan fingerprint density at radius 3 is 3.05 bits per heavy atom. The van der Waals surface area contributed by atoms with Gasteiger partial charge in [-0.1, -0.05) is 22.9 Å². The number of nitrogens with one attached hydrogen (secondary N) is 1. The molecule has 0 saturated carbocycles. The Hall–Kier alpha value is -1.66. The number of imide groups is 1. The van der Waals surface area contributed by atoms with Gasteiger partial charge in [0.25, 0.3) is 5.91 Å². The fourth-order valence-electron chi connectivity index (χ4n) is 2.16. The molecule has 5 nitrogen and oxygen atoms in total. The van der Waals surface area contributed by atoms with Crippen LogP contribution in [0.25, 0.3) is 10.2 Å². The number of likely N-dealkylation sites (tertiary alicyclic amines) is 1. The first-order valence-electron chi connectivity index (χ1n) is 6.17. The van der Waals surface area contributed by atoms with Crippen molar-refractivity contribution in [3.63, 3.8) is 0 Å². The molecule has 104 valence electrons. The molecule has 1 aliphatic rings. The third-order valence-corrected chi connectivity index (χ3v) is 4.48. The zero-order valence-electron chi connectivity index (χ0n) is 10.7. The highest BCUT2D eigenvalue weighted by Gasteiger charge is 2.32. The minimum absolute atomic E-state index is 0.135. The highest BCUT2D eigenvalue weighted by atomic mass is 35.5. The topological polar surface area (TPSA) is 62.3 Å². The highest BCUT2D eigenvalue weighted by molar-refractivity contribution is 7.22. The van der Waals surface area contributed by atoms with Crippen LogP contribution in [0.3, 0.4) is 0 Å². The lowest BCUT2D eigenvalue weighted by Gasteiger charge is -2.27. The number of likely N-dealkylation sites (N-methyl/N-ethyl adjacent to an activating group) is 1. The minimum Gasteiger partial charge on any atom is -0.350 e. The Morgan fingerprint density at radius 1 is 1.45 bits per heavy atom. The quantitative estimate of drug-likeness (QED) is 0.866. The summed E-state index contributed by atoms with van der Waals surface area (Å²) in [4.78, 5) is 29.0. The summed E-state index contributed by atoms with van der Waals surface area (Å²) in [6, 6.07) is 5.08. The fraction of sp³-hybridized carbons (Fsp3) is 0.308. The van der Waals surface area contributed by atoms with Crippen LogP contribution in [0, 0.1) is 0 Å². The molecule has 1 fully saturated rings. The number of carbonyl (C=O) groups is 2. The van der Waals surface area contributed by atoms with E-state index in [0.717, 1.165) is 10.2 Å². The van der Waals surface area contributed by atoms with Gasteiger partial charge in [-0.3, -0.25) is 14.5 Å². The zero-order valence-corrected chi connectivity index (χ0v) is 12.3. The van der Waals surface area contributed by atoms with E-state index in [1.54, 1.807) is 6.07 Å². The van der Waals surface area contributed by atoms with Crippen LogP contribution in [0.4, 0.5) is 5.13 Å². The molecule has 1 N–H and O–H groups in total. The van der Waals surface area contributed by atoms with Crippen molar-refractivity contribution in [2.45, 2.75) is 18.9 Å². The molecule has 2 heterocycles. The van der Waals surface area contributed by atoms with E-state index in [2.05, 4.69) is 10.3 Å². The van der Waals surface area contributed by atoms with Crippen molar-refractivity contribution in [3.05, 3.63) is 23.2 Å². The van der Waals surface area contributed by atoms with E-state index in [4.69, 9.17) is 11.6 Å².